The number of carbonyl (C=O) groups excluding carboxylic acids is 4. The maximum atomic E-state index is 13.5. The molecule has 0 spiro atoms. The highest BCUT2D eigenvalue weighted by Crippen LogP contribution is 2.35. The second kappa shape index (κ2) is 12.5. The third-order valence-electron chi connectivity index (χ3n) is 6.39. The van der Waals surface area contributed by atoms with Gasteiger partial charge in [0.25, 0.3) is 0 Å². The summed E-state index contributed by atoms with van der Waals surface area (Å²) >= 11 is 1.59. The first-order chi connectivity index (χ1) is 19.0. The van der Waals surface area contributed by atoms with Gasteiger partial charge >= 0.3 is 17.9 Å². The number of benzene rings is 2. The molecule has 1 fully saturated rings. The van der Waals surface area contributed by atoms with Gasteiger partial charge in [0.1, 0.15) is 24.6 Å². The van der Waals surface area contributed by atoms with E-state index in [0.717, 1.165) is 40.3 Å². The normalized spacial score (nSPS) is 20.6. The van der Waals surface area contributed by atoms with E-state index in [9.17, 15) is 23.6 Å². The van der Waals surface area contributed by atoms with Gasteiger partial charge in [-0.3, -0.25) is 19.2 Å². The lowest BCUT2D eigenvalue weighted by Gasteiger charge is -2.39. The molecule has 0 amide bonds. The van der Waals surface area contributed by atoms with Crippen LogP contribution in [-0.2, 0) is 44.5 Å². The molecule has 3 aromatic rings. The highest BCUT2D eigenvalue weighted by Gasteiger charge is 2.50. The van der Waals surface area contributed by atoms with E-state index < -0.39 is 48.1 Å². The van der Waals surface area contributed by atoms with Crippen LogP contribution in [0.5, 0.6) is 0 Å². The molecule has 1 aromatic heterocycles. The second-order valence-corrected chi connectivity index (χ2v) is 10.7. The van der Waals surface area contributed by atoms with Crippen LogP contribution < -0.4 is 0 Å². The summed E-state index contributed by atoms with van der Waals surface area (Å²) in [5.74, 6) is -2.92. The maximum absolute atomic E-state index is 13.5. The zero-order valence-corrected chi connectivity index (χ0v) is 23.3. The average Bonchev–Trinajstić information content (AvgIpc) is 3.35. The second-order valence-electron chi connectivity index (χ2n) is 9.50. The van der Waals surface area contributed by atoms with Gasteiger partial charge in [-0.15, -0.1) is 11.3 Å². The summed E-state index contributed by atoms with van der Waals surface area (Å²) in [5.41, 5.74) is 3.38. The number of hydrogen-bond acceptors (Lipinski definition) is 9. The minimum Gasteiger partial charge on any atom is -0.463 e. The quantitative estimate of drug-likeness (QED) is 0.280. The molecule has 0 aliphatic carbocycles. The Morgan fingerprint density at radius 2 is 1.62 bits per heavy atom. The van der Waals surface area contributed by atoms with Crippen molar-refractivity contribution in [3.63, 3.8) is 0 Å². The number of hydrogen-bond donors (Lipinski definition) is 0. The Balaban J connectivity index is 1.63. The Bertz CT molecular complexity index is 1410. The lowest BCUT2D eigenvalue weighted by atomic mass is 9.90. The van der Waals surface area contributed by atoms with Crippen LogP contribution >= 0.6 is 11.3 Å². The van der Waals surface area contributed by atoms with E-state index >= 15 is 0 Å². The number of Topliss-reactive ketones (excluding diaryl/α,β-unsaturated/α-hetero) is 1. The molecule has 2 aromatic carbocycles. The molecule has 4 atom stereocenters. The first-order valence-electron chi connectivity index (χ1n) is 12.6. The molecule has 0 N–H and O–H groups in total. The van der Waals surface area contributed by atoms with Gasteiger partial charge in [-0.25, -0.2) is 4.39 Å². The van der Waals surface area contributed by atoms with Crippen LogP contribution in [0.3, 0.4) is 0 Å². The van der Waals surface area contributed by atoms with Gasteiger partial charge < -0.3 is 18.9 Å². The van der Waals surface area contributed by atoms with Crippen LogP contribution in [0.25, 0.3) is 10.4 Å². The van der Waals surface area contributed by atoms with Crippen LogP contribution in [0.2, 0.25) is 0 Å². The van der Waals surface area contributed by atoms with Crippen molar-refractivity contribution in [2.45, 2.75) is 58.5 Å². The minimum atomic E-state index is -1.44. The van der Waals surface area contributed by atoms with Gasteiger partial charge in [-0.05, 0) is 53.4 Å². The van der Waals surface area contributed by atoms with E-state index in [0.29, 0.717) is 12.0 Å². The summed E-state index contributed by atoms with van der Waals surface area (Å²) in [5, 5.41) is 0. The number of aryl methyl sites for hydroxylation is 1. The van der Waals surface area contributed by atoms with Crippen molar-refractivity contribution in [3.8, 4) is 10.4 Å². The molecular formula is C30H29FO8S. The standard InChI is InChI=1S/C30H29FO8S/c1-16-5-6-21(13-22(16)14-24-11-12-26(40-24)20-7-9-23(31)10-8-20)28-27(35)30(38-19(4)34)29(37-18(3)33)25(39-28)15-36-17(2)32/h5-13,25,28-30H,14-15H2,1-4H3/t25-,28-,29-,30-/m1/s1. The van der Waals surface area contributed by atoms with Crippen LogP contribution in [-0.4, -0.2) is 48.6 Å². The van der Waals surface area contributed by atoms with Gasteiger partial charge in [0, 0.05) is 36.9 Å². The molecule has 0 radical (unpaired) electrons. The fraction of sp³-hybridized carbons (Fsp3) is 0.333. The summed E-state index contributed by atoms with van der Waals surface area (Å²) in [6.07, 6.45) is -4.37. The topological polar surface area (TPSA) is 105 Å². The molecule has 10 heteroatoms. The summed E-state index contributed by atoms with van der Waals surface area (Å²) < 4.78 is 35.1. The predicted octanol–water partition coefficient (Wildman–Crippen LogP) is 4.89. The SMILES string of the molecule is CC(=O)OC[C@H]1O[C@H](c2ccc(C)c(Cc3ccc(-c4ccc(F)cc4)s3)c2)C(=O)[C@@H](OC(C)=O)[C@@H]1OC(C)=O. The molecule has 8 nitrogen and oxygen atoms in total. The molecular weight excluding hydrogens is 539 g/mol. The van der Waals surface area contributed by atoms with Crippen molar-refractivity contribution in [2.24, 2.45) is 0 Å². The Labute approximate surface area is 235 Å². The molecule has 0 unspecified atom stereocenters. The molecule has 40 heavy (non-hydrogen) atoms. The number of ketones is 1. The monoisotopic (exact) mass is 568 g/mol. The molecule has 1 aliphatic heterocycles. The fourth-order valence-electron chi connectivity index (χ4n) is 4.51. The van der Waals surface area contributed by atoms with Crippen LogP contribution in [0.4, 0.5) is 4.39 Å². The largest absolute Gasteiger partial charge is 0.463 e. The summed E-state index contributed by atoms with van der Waals surface area (Å²) in [6, 6.07) is 15.8. The molecule has 0 saturated carbocycles. The molecule has 2 heterocycles. The zero-order valence-electron chi connectivity index (χ0n) is 22.5. The van der Waals surface area contributed by atoms with Gasteiger partial charge in [-0.1, -0.05) is 30.3 Å². The van der Waals surface area contributed by atoms with Crippen LogP contribution in [0.1, 0.15) is 48.4 Å². The third-order valence-corrected chi connectivity index (χ3v) is 7.53. The molecule has 1 aliphatic rings. The van der Waals surface area contributed by atoms with Crippen molar-refractivity contribution < 1.29 is 42.5 Å². The Morgan fingerprint density at radius 3 is 2.27 bits per heavy atom. The lowest BCUT2D eigenvalue weighted by molar-refractivity contribution is -0.212. The Hall–Kier alpha value is -3.89. The Morgan fingerprint density at radius 1 is 0.925 bits per heavy atom. The number of ether oxygens (including phenoxy) is 4. The summed E-state index contributed by atoms with van der Waals surface area (Å²) in [4.78, 5) is 50.8. The highest BCUT2D eigenvalue weighted by atomic mass is 32.1. The van der Waals surface area contributed by atoms with E-state index in [2.05, 4.69) is 0 Å². The minimum absolute atomic E-state index is 0.294. The van der Waals surface area contributed by atoms with E-state index in [-0.39, 0.29) is 12.4 Å². The number of thiophene rings is 1. The first kappa shape index (κ1) is 29.1. The van der Waals surface area contributed by atoms with Crippen molar-refractivity contribution in [2.75, 3.05) is 6.61 Å². The van der Waals surface area contributed by atoms with Crippen LogP contribution in [0.15, 0.2) is 54.6 Å². The van der Waals surface area contributed by atoms with Crippen molar-refractivity contribution in [3.05, 3.63) is 82.0 Å². The maximum Gasteiger partial charge on any atom is 0.303 e. The number of rotatable bonds is 8. The van der Waals surface area contributed by atoms with Crippen molar-refractivity contribution in [1.82, 2.24) is 0 Å². The summed E-state index contributed by atoms with van der Waals surface area (Å²) in [6.45, 7) is 5.17. The molecule has 4 rings (SSSR count). The van der Waals surface area contributed by atoms with E-state index in [4.69, 9.17) is 18.9 Å². The fourth-order valence-corrected chi connectivity index (χ4v) is 5.55. The van der Waals surface area contributed by atoms with Gasteiger partial charge in [0.2, 0.25) is 11.9 Å². The van der Waals surface area contributed by atoms with Crippen molar-refractivity contribution in [1.29, 1.82) is 0 Å². The molecule has 1 saturated heterocycles. The van der Waals surface area contributed by atoms with Gasteiger partial charge in [-0.2, -0.15) is 0 Å². The number of carbonyl (C=O) groups is 4. The summed E-state index contributed by atoms with van der Waals surface area (Å²) in [7, 11) is 0. The highest BCUT2D eigenvalue weighted by molar-refractivity contribution is 7.15. The first-order valence-corrected chi connectivity index (χ1v) is 13.4. The van der Waals surface area contributed by atoms with E-state index in [1.807, 2.05) is 31.2 Å². The predicted molar refractivity (Wildman–Crippen MR) is 144 cm³/mol. The third kappa shape index (κ3) is 7.00. The van der Waals surface area contributed by atoms with E-state index in [1.54, 1.807) is 29.5 Å². The lowest BCUT2D eigenvalue weighted by Crippen LogP contribution is -2.56. The van der Waals surface area contributed by atoms with Gasteiger partial charge in [0.15, 0.2) is 6.10 Å². The smallest absolute Gasteiger partial charge is 0.303 e. The number of halogens is 1. The van der Waals surface area contributed by atoms with Gasteiger partial charge in [0.05, 0.1) is 0 Å². The Kier molecular flexibility index (Phi) is 9.11. The zero-order chi connectivity index (χ0) is 29.0. The van der Waals surface area contributed by atoms with Crippen molar-refractivity contribution >= 4 is 35.0 Å². The average molecular weight is 569 g/mol. The number of esters is 3. The molecule has 0 bridgehead atoms. The van der Waals surface area contributed by atoms with Crippen LogP contribution in [0, 0.1) is 12.7 Å². The van der Waals surface area contributed by atoms with E-state index in [1.165, 1.54) is 19.1 Å². The molecule has 210 valence electrons.